The highest BCUT2D eigenvalue weighted by Crippen LogP contribution is 2.40. The van der Waals surface area contributed by atoms with Crippen LogP contribution in [0.1, 0.15) is 53.3 Å². The number of amides is 2. The first-order chi connectivity index (χ1) is 15.0. The van der Waals surface area contributed by atoms with Gasteiger partial charge in [0.25, 0.3) is 5.91 Å². The number of benzene rings is 1. The molecule has 3 heterocycles. The Bertz CT molecular complexity index is 1070. The number of aryl methyl sites for hydroxylation is 2. The quantitative estimate of drug-likeness (QED) is 0.607. The van der Waals surface area contributed by atoms with Crippen LogP contribution < -0.4 is 5.32 Å². The fourth-order valence-corrected chi connectivity index (χ4v) is 5.05. The lowest BCUT2D eigenvalue weighted by Crippen LogP contribution is -2.36. The Morgan fingerprint density at radius 3 is 2.55 bits per heavy atom. The summed E-state index contributed by atoms with van der Waals surface area (Å²) in [6, 6.07) is 9.97. The molecule has 0 radical (unpaired) electrons. The maximum Gasteiger partial charge on any atom is 0.257 e. The van der Waals surface area contributed by atoms with Gasteiger partial charge in [0, 0.05) is 30.8 Å². The molecular weight excluding hydrogens is 412 g/mol. The zero-order valence-corrected chi connectivity index (χ0v) is 18.6. The molecule has 2 aromatic heterocycles. The summed E-state index contributed by atoms with van der Waals surface area (Å²) in [6.45, 7) is 5.23. The molecule has 0 spiro atoms. The lowest BCUT2D eigenvalue weighted by atomic mass is 10.0. The van der Waals surface area contributed by atoms with Crippen molar-refractivity contribution in [1.29, 1.82) is 0 Å². The third kappa shape index (κ3) is 4.85. The largest absolute Gasteiger partial charge is 0.339 e. The number of hydrogen-bond acceptors (Lipinski definition) is 6. The van der Waals surface area contributed by atoms with Crippen molar-refractivity contribution in [2.24, 2.45) is 0 Å². The Hall–Kier alpha value is -3.00. The fourth-order valence-electron chi connectivity index (χ4n) is 3.83. The highest BCUT2D eigenvalue weighted by atomic mass is 32.1. The van der Waals surface area contributed by atoms with Crippen LogP contribution in [0.2, 0.25) is 0 Å². The first-order valence-electron chi connectivity index (χ1n) is 10.6. The number of thiophene rings is 1. The van der Waals surface area contributed by atoms with Crippen LogP contribution in [-0.4, -0.2) is 39.9 Å². The Labute approximate surface area is 185 Å². The van der Waals surface area contributed by atoms with Crippen molar-refractivity contribution in [2.75, 3.05) is 18.4 Å². The first kappa shape index (κ1) is 21.2. The normalized spacial score (nSPS) is 13.9. The van der Waals surface area contributed by atoms with Gasteiger partial charge in [-0.05, 0) is 44.2 Å². The van der Waals surface area contributed by atoms with Crippen molar-refractivity contribution in [3.8, 4) is 10.4 Å². The van der Waals surface area contributed by atoms with Crippen molar-refractivity contribution in [3.05, 3.63) is 53.2 Å². The molecule has 1 aliphatic rings. The van der Waals surface area contributed by atoms with E-state index in [1.807, 2.05) is 42.2 Å². The second-order valence-electron chi connectivity index (χ2n) is 7.76. The van der Waals surface area contributed by atoms with Gasteiger partial charge in [-0.3, -0.25) is 9.59 Å². The Balaban J connectivity index is 1.59. The Morgan fingerprint density at radius 2 is 1.87 bits per heavy atom. The minimum atomic E-state index is -0.176. The molecule has 3 aromatic rings. The highest BCUT2D eigenvalue weighted by Gasteiger charge is 2.27. The monoisotopic (exact) mass is 438 g/mol. The van der Waals surface area contributed by atoms with Crippen LogP contribution in [0.15, 0.2) is 34.9 Å². The zero-order chi connectivity index (χ0) is 21.8. The minimum Gasteiger partial charge on any atom is -0.339 e. The summed E-state index contributed by atoms with van der Waals surface area (Å²) in [6.07, 6.45) is 3.76. The second-order valence-corrected chi connectivity index (χ2v) is 8.78. The molecule has 4 rings (SSSR count). The van der Waals surface area contributed by atoms with E-state index in [1.165, 1.54) is 11.3 Å². The third-order valence-corrected chi connectivity index (χ3v) is 6.68. The van der Waals surface area contributed by atoms with Gasteiger partial charge in [0.05, 0.1) is 5.56 Å². The summed E-state index contributed by atoms with van der Waals surface area (Å²) in [5, 5.41) is 7.34. The van der Waals surface area contributed by atoms with Gasteiger partial charge >= 0.3 is 0 Å². The maximum atomic E-state index is 13.4. The van der Waals surface area contributed by atoms with Gasteiger partial charge in [0.2, 0.25) is 11.8 Å². The number of nitrogens with one attached hydrogen (secondary N) is 1. The standard InChI is InChI=1S/C23H26N4O3S/c1-15-20(23(29)27-13-7-4-8-14-27)22(31-21(15)17-9-5-3-6-10-17)25-18(28)11-12-19-24-16(2)26-30-19/h3,5-6,9-10H,4,7-8,11-14H2,1-2H3,(H,25,28). The molecule has 0 atom stereocenters. The number of anilines is 1. The molecule has 0 aliphatic carbocycles. The molecule has 7 nitrogen and oxygen atoms in total. The van der Waals surface area contributed by atoms with Gasteiger partial charge in [-0.2, -0.15) is 4.98 Å². The fraction of sp³-hybridized carbons (Fsp3) is 0.391. The van der Waals surface area contributed by atoms with E-state index in [0.29, 0.717) is 28.7 Å². The Kier molecular flexibility index (Phi) is 6.46. The van der Waals surface area contributed by atoms with Crippen molar-refractivity contribution in [3.63, 3.8) is 0 Å². The second kappa shape index (κ2) is 9.43. The number of rotatable bonds is 6. The van der Waals surface area contributed by atoms with E-state index >= 15 is 0 Å². The van der Waals surface area contributed by atoms with Crippen LogP contribution in [0.3, 0.4) is 0 Å². The van der Waals surface area contributed by atoms with Gasteiger partial charge in [0.15, 0.2) is 5.82 Å². The zero-order valence-electron chi connectivity index (χ0n) is 17.8. The molecule has 0 saturated carbocycles. The van der Waals surface area contributed by atoms with E-state index in [4.69, 9.17) is 4.52 Å². The van der Waals surface area contributed by atoms with Gasteiger partial charge in [-0.15, -0.1) is 11.3 Å². The molecule has 0 unspecified atom stereocenters. The molecular formula is C23H26N4O3S. The van der Waals surface area contributed by atoms with E-state index < -0.39 is 0 Å². The number of nitrogens with zero attached hydrogens (tertiary/aromatic N) is 3. The topological polar surface area (TPSA) is 88.3 Å². The smallest absolute Gasteiger partial charge is 0.257 e. The van der Waals surface area contributed by atoms with Crippen molar-refractivity contribution in [2.45, 2.75) is 46.0 Å². The minimum absolute atomic E-state index is 0.00143. The summed E-state index contributed by atoms with van der Waals surface area (Å²) in [5.41, 5.74) is 2.56. The van der Waals surface area contributed by atoms with E-state index in [1.54, 1.807) is 6.92 Å². The summed E-state index contributed by atoms with van der Waals surface area (Å²) in [4.78, 5) is 33.1. The van der Waals surface area contributed by atoms with Crippen molar-refractivity contribution >= 4 is 28.2 Å². The van der Waals surface area contributed by atoms with E-state index in [2.05, 4.69) is 15.5 Å². The van der Waals surface area contributed by atoms with Crippen LogP contribution >= 0.6 is 11.3 Å². The number of carbonyl (C=O) groups is 2. The molecule has 1 aromatic carbocycles. The summed E-state index contributed by atoms with van der Waals surface area (Å²) in [7, 11) is 0. The Morgan fingerprint density at radius 1 is 1.13 bits per heavy atom. The lowest BCUT2D eigenvalue weighted by molar-refractivity contribution is -0.116. The summed E-state index contributed by atoms with van der Waals surface area (Å²) < 4.78 is 5.09. The van der Waals surface area contributed by atoms with Crippen LogP contribution in [0.5, 0.6) is 0 Å². The predicted molar refractivity (Wildman–Crippen MR) is 120 cm³/mol. The maximum absolute atomic E-state index is 13.4. The van der Waals surface area contributed by atoms with Gasteiger partial charge < -0.3 is 14.7 Å². The molecule has 2 amide bonds. The SMILES string of the molecule is Cc1noc(CCC(=O)Nc2sc(-c3ccccc3)c(C)c2C(=O)N2CCCCC2)n1. The first-order valence-corrected chi connectivity index (χ1v) is 11.4. The van der Waals surface area contributed by atoms with Crippen LogP contribution in [0.25, 0.3) is 10.4 Å². The van der Waals surface area contributed by atoms with Gasteiger partial charge in [-0.1, -0.05) is 35.5 Å². The molecule has 0 bridgehead atoms. The average Bonchev–Trinajstić information content (AvgIpc) is 3.35. The summed E-state index contributed by atoms with van der Waals surface area (Å²) >= 11 is 1.45. The molecule has 1 saturated heterocycles. The highest BCUT2D eigenvalue weighted by molar-refractivity contribution is 7.20. The number of aromatic nitrogens is 2. The average molecular weight is 439 g/mol. The molecule has 31 heavy (non-hydrogen) atoms. The number of carbonyl (C=O) groups excluding carboxylic acids is 2. The predicted octanol–water partition coefficient (Wildman–Crippen LogP) is 4.61. The number of piperidine rings is 1. The van der Waals surface area contributed by atoms with E-state index in [9.17, 15) is 9.59 Å². The van der Waals surface area contributed by atoms with Crippen LogP contribution in [0, 0.1) is 13.8 Å². The molecule has 162 valence electrons. The number of hydrogen-bond donors (Lipinski definition) is 1. The molecule has 1 aliphatic heterocycles. The van der Waals surface area contributed by atoms with Crippen molar-refractivity contribution in [1.82, 2.24) is 15.0 Å². The van der Waals surface area contributed by atoms with Gasteiger partial charge in [-0.25, -0.2) is 0 Å². The lowest BCUT2D eigenvalue weighted by Gasteiger charge is -2.27. The van der Waals surface area contributed by atoms with Gasteiger partial charge in [0.1, 0.15) is 5.00 Å². The van der Waals surface area contributed by atoms with Crippen LogP contribution in [0.4, 0.5) is 5.00 Å². The van der Waals surface area contributed by atoms with E-state index in [0.717, 1.165) is 48.4 Å². The molecule has 8 heteroatoms. The van der Waals surface area contributed by atoms with Crippen molar-refractivity contribution < 1.29 is 14.1 Å². The molecule has 1 N–H and O–H groups in total. The van der Waals surface area contributed by atoms with E-state index in [-0.39, 0.29) is 18.2 Å². The molecule has 1 fully saturated rings. The summed E-state index contributed by atoms with van der Waals surface area (Å²) in [5.74, 6) is 0.804. The third-order valence-electron chi connectivity index (χ3n) is 5.43. The van der Waals surface area contributed by atoms with Crippen LogP contribution in [-0.2, 0) is 11.2 Å². The number of likely N-dealkylation sites (tertiary alicyclic amines) is 1.